The van der Waals surface area contributed by atoms with Gasteiger partial charge in [-0.3, -0.25) is 14.2 Å². The number of thioether (sulfide) groups is 1. The molecule has 0 aliphatic heterocycles. The van der Waals surface area contributed by atoms with Gasteiger partial charge >= 0.3 is 0 Å². The molecule has 1 atom stereocenters. The summed E-state index contributed by atoms with van der Waals surface area (Å²) in [5.41, 5.74) is 0.762. The number of anilines is 1. The van der Waals surface area contributed by atoms with E-state index in [1.165, 1.54) is 22.0 Å². The average Bonchev–Trinajstić information content (AvgIpc) is 3.24. The minimum atomic E-state index is -0.865. The van der Waals surface area contributed by atoms with Gasteiger partial charge in [0, 0.05) is 11.4 Å². The summed E-state index contributed by atoms with van der Waals surface area (Å²) in [6.07, 6.45) is 1.57. The van der Waals surface area contributed by atoms with Crippen molar-refractivity contribution in [2.75, 3.05) is 5.32 Å². The maximum Gasteiger partial charge on any atom is 0.272 e. The molecule has 0 saturated carbocycles. The number of benzene rings is 2. The van der Waals surface area contributed by atoms with Gasteiger partial charge in [-0.1, -0.05) is 54.2 Å². The van der Waals surface area contributed by atoms with E-state index < -0.39 is 28.5 Å². The lowest BCUT2D eigenvalue weighted by Gasteiger charge is -2.15. The first-order valence-corrected chi connectivity index (χ1v) is 11.7. The molecule has 0 spiro atoms. The highest BCUT2D eigenvalue weighted by molar-refractivity contribution is 8.00. The van der Waals surface area contributed by atoms with Gasteiger partial charge in [0.15, 0.2) is 5.16 Å². The Hall–Kier alpha value is -3.30. The van der Waals surface area contributed by atoms with E-state index >= 15 is 0 Å². The molecule has 2 heterocycles. The number of allylic oxidation sites excluding steroid dienone is 1. The van der Waals surface area contributed by atoms with Crippen LogP contribution in [-0.4, -0.2) is 20.7 Å². The molecule has 5 nitrogen and oxygen atoms in total. The Morgan fingerprint density at radius 2 is 1.91 bits per heavy atom. The van der Waals surface area contributed by atoms with Gasteiger partial charge < -0.3 is 5.32 Å². The first-order chi connectivity index (χ1) is 15.9. The lowest BCUT2D eigenvalue weighted by atomic mass is 10.2. The van der Waals surface area contributed by atoms with Gasteiger partial charge in [-0.25, -0.2) is 13.8 Å². The first kappa shape index (κ1) is 22.9. The molecule has 0 aliphatic rings. The zero-order chi connectivity index (χ0) is 23.5. The molecule has 0 aliphatic carbocycles. The summed E-state index contributed by atoms with van der Waals surface area (Å²) >= 11 is 2.39. The van der Waals surface area contributed by atoms with Crippen molar-refractivity contribution in [1.29, 1.82) is 0 Å². The summed E-state index contributed by atoms with van der Waals surface area (Å²) in [5, 5.41) is 1.82. The van der Waals surface area contributed by atoms with Crippen LogP contribution in [0.2, 0.25) is 0 Å². The maximum absolute atomic E-state index is 13.9. The van der Waals surface area contributed by atoms with Crippen molar-refractivity contribution in [1.82, 2.24) is 9.55 Å². The number of aromatic nitrogens is 2. The second kappa shape index (κ2) is 9.68. The normalized spacial score (nSPS) is 12.0. The molecule has 0 saturated heterocycles. The summed E-state index contributed by atoms with van der Waals surface area (Å²) in [6.45, 7) is 5.49. The summed E-state index contributed by atoms with van der Waals surface area (Å²) in [7, 11) is 0. The Balaban J connectivity index is 1.67. The summed E-state index contributed by atoms with van der Waals surface area (Å²) in [4.78, 5) is 31.3. The van der Waals surface area contributed by atoms with E-state index in [0.717, 1.165) is 34.3 Å². The highest BCUT2D eigenvalue weighted by atomic mass is 32.2. The third-order valence-electron chi connectivity index (χ3n) is 4.83. The number of nitrogens with one attached hydrogen (secondary N) is 1. The van der Waals surface area contributed by atoms with Gasteiger partial charge in [0.2, 0.25) is 5.91 Å². The van der Waals surface area contributed by atoms with Crippen molar-refractivity contribution < 1.29 is 13.6 Å². The number of thiophene rings is 1. The third kappa shape index (κ3) is 4.74. The molecule has 0 radical (unpaired) electrons. The molecule has 1 unspecified atom stereocenters. The molecule has 33 heavy (non-hydrogen) atoms. The smallest absolute Gasteiger partial charge is 0.272 e. The van der Waals surface area contributed by atoms with Gasteiger partial charge in [-0.15, -0.1) is 17.9 Å². The monoisotopic (exact) mass is 483 g/mol. The number of carbonyl (C=O) groups excluding carboxylic acids is 1. The maximum atomic E-state index is 13.9. The van der Waals surface area contributed by atoms with Crippen molar-refractivity contribution in [2.45, 2.75) is 23.9 Å². The van der Waals surface area contributed by atoms with Crippen LogP contribution in [0.25, 0.3) is 20.7 Å². The highest BCUT2D eigenvalue weighted by Gasteiger charge is 2.22. The number of para-hydroxylation sites is 1. The van der Waals surface area contributed by atoms with Gasteiger partial charge in [-0.2, -0.15) is 0 Å². The fourth-order valence-electron chi connectivity index (χ4n) is 3.17. The number of hydrogen-bond donors (Lipinski definition) is 1. The third-order valence-corrected chi connectivity index (χ3v) is 7.08. The van der Waals surface area contributed by atoms with Gasteiger partial charge in [0.05, 0.1) is 10.8 Å². The number of nitrogens with zero attached hydrogens (tertiary/aromatic N) is 2. The summed E-state index contributed by atoms with van der Waals surface area (Å²) in [5.74, 6) is -2.34. The highest BCUT2D eigenvalue weighted by Crippen LogP contribution is 2.33. The van der Waals surface area contributed by atoms with Crippen molar-refractivity contribution >= 4 is 44.9 Å². The van der Waals surface area contributed by atoms with E-state index in [2.05, 4.69) is 16.9 Å². The molecule has 1 N–H and O–H groups in total. The van der Waals surface area contributed by atoms with Crippen LogP contribution in [0.3, 0.4) is 0 Å². The van der Waals surface area contributed by atoms with Crippen LogP contribution in [0, 0.1) is 11.6 Å². The standard InChI is InChI=1S/C24H19F2N3O2S2/c1-3-12-29-23(31)21-18(13-19(33-21)15-8-5-4-6-9-15)27-24(29)32-14(2)22(30)28-20-16(25)10-7-11-17(20)26/h3-11,13-14H,1,12H2,2H3,(H,28,30). The lowest BCUT2D eigenvalue weighted by molar-refractivity contribution is -0.115. The van der Waals surface area contributed by atoms with Crippen LogP contribution >= 0.6 is 23.1 Å². The molecule has 2 aromatic carbocycles. The van der Waals surface area contributed by atoms with Crippen LogP contribution in [0.5, 0.6) is 0 Å². The van der Waals surface area contributed by atoms with E-state index in [4.69, 9.17) is 0 Å². The zero-order valence-corrected chi connectivity index (χ0v) is 19.2. The second-order valence-corrected chi connectivity index (χ2v) is 9.50. The number of amides is 1. The first-order valence-electron chi connectivity index (χ1n) is 10.0. The van der Waals surface area contributed by atoms with Crippen LogP contribution in [0.4, 0.5) is 14.5 Å². The molecule has 168 valence electrons. The molecule has 0 fully saturated rings. The molecular formula is C24H19F2N3O2S2. The number of rotatable bonds is 7. The molecule has 9 heteroatoms. The quantitative estimate of drug-likeness (QED) is 0.208. The predicted molar refractivity (Wildman–Crippen MR) is 130 cm³/mol. The Morgan fingerprint density at radius 3 is 2.58 bits per heavy atom. The van der Waals surface area contributed by atoms with Crippen molar-refractivity contribution in [3.63, 3.8) is 0 Å². The van der Waals surface area contributed by atoms with Gasteiger partial charge in [0.1, 0.15) is 22.0 Å². The topological polar surface area (TPSA) is 64.0 Å². The lowest BCUT2D eigenvalue weighted by Crippen LogP contribution is -2.27. The van der Waals surface area contributed by atoms with Crippen molar-refractivity contribution in [3.8, 4) is 10.4 Å². The molecule has 2 aromatic heterocycles. The molecular weight excluding hydrogens is 464 g/mol. The average molecular weight is 484 g/mol. The van der Waals surface area contributed by atoms with Crippen molar-refractivity contribution in [3.05, 3.63) is 89.2 Å². The Kier molecular flexibility index (Phi) is 6.71. The number of carbonyl (C=O) groups is 1. The predicted octanol–water partition coefficient (Wildman–Crippen LogP) is 5.71. The molecule has 4 aromatic rings. The second-order valence-electron chi connectivity index (χ2n) is 7.14. The fourth-order valence-corrected chi connectivity index (χ4v) is 5.14. The van der Waals surface area contributed by atoms with Gasteiger partial charge in [0.25, 0.3) is 5.56 Å². The minimum absolute atomic E-state index is 0.207. The number of hydrogen-bond acceptors (Lipinski definition) is 5. The zero-order valence-electron chi connectivity index (χ0n) is 17.5. The van der Waals surface area contributed by atoms with Crippen molar-refractivity contribution in [2.24, 2.45) is 0 Å². The van der Waals surface area contributed by atoms with Crippen LogP contribution in [0.1, 0.15) is 6.92 Å². The molecule has 0 bridgehead atoms. The van der Waals surface area contributed by atoms with E-state index in [-0.39, 0.29) is 12.1 Å². The van der Waals surface area contributed by atoms with Gasteiger partial charge in [-0.05, 0) is 30.7 Å². The number of halogens is 2. The largest absolute Gasteiger partial charge is 0.320 e. The Morgan fingerprint density at radius 1 is 1.21 bits per heavy atom. The summed E-state index contributed by atoms with van der Waals surface area (Å²) in [6, 6.07) is 14.9. The SMILES string of the molecule is C=CCn1c(SC(C)C(=O)Nc2c(F)cccc2F)nc2cc(-c3ccccc3)sc2c1=O. The number of fused-ring (bicyclic) bond motifs is 1. The Labute approximate surface area is 196 Å². The van der Waals surface area contributed by atoms with Crippen LogP contribution in [0.15, 0.2) is 77.2 Å². The Bertz CT molecular complexity index is 1380. The van der Waals surface area contributed by atoms with Crippen LogP contribution < -0.4 is 10.9 Å². The fraction of sp³-hybridized carbons (Fsp3) is 0.125. The van der Waals surface area contributed by atoms with E-state index in [9.17, 15) is 18.4 Å². The molecule has 1 amide bonds. The van der Waals surface area contributed by atoms with E-state index in [1.54, 1.807) is 13.0 Å². The summed E-state index contributed by atoms with van der Waals surface area (Å²) < 4.78 is 29.8. The van der Waals surface area contributed by atoms with E-state index in [1.807, 2.05) is 36.4 Å². The van der Waals surface area contributed by atoms with E-state index in [0.29, 0.717) is 15.4 Å². The van der Waals surface area contributed by atoms with Crippen LogP contribution in [-0.2, 0) is 11.3 Å². The molecule has 4 rings (SSSR count). The minimum Gasteiger partial charge on any atom is -0.320 e.